The van der Waals surface area contributed by atoms with Crippen LogP contribution in [-0.4, -0.2) is 204 Å². The minimum absolute atomic E-state index is 0.119. The second kappa shape index (κ2) is 32.6. The van der Waals surface area contributed by atoms with Gasteiger partial charge in [0.05, 0.1) is 108 Å². The van der Waals surface area contributed by atoms with E-state index in [9.17, 15) is 29.7 Å². The normalized spacial score (nSPS) is 19.5. The maximum Gasteiger partial charge on any atom is 0.410 e. The van der Waals surface area contributed by atoms with Crippen molar-refractivity contribution < 1.29 is 43.9 Å². The summed E-state index contributed by atoms with van der Waals surface area (Å²) in [5, 5.41) is 36.9. The molecule has 24 nitrogen and oxygen atoms in total. The number of nitrogens with one attached hydrogen (secondary N) is 1. The Morgan fingerprint density at radius 3 is 1.12 bits per heavy atom. The zero-order chi connectivity index (χ0) is 78.1. The summed E-state index contributed by atoms with van der Waals surface area (Å²) < 4.78 is 19.9. The van der Waals surface area contributed by atoms with Crippen molar-refractivity contribution in [3.8, 4) is 0 Å². The molecule has 3 saturated heterocycles. The first-order valence-corrected chi connectivity index (χ1v) is 38.2. The number of carbonyl (C=O) groups excluding carboxylic acids is 3. The molecule has 15 rings (SSSR count). The molecule has 6 atom stereocenters. The molecule has 4 N–H and O–H groups in total. The molecule has 110 heavy (non-hydrogen) atoms. The highest BCUT2D eigenvalue weighted by Crippen LogP contribution is 2.50. The number of imidazole rings is 3. The lowest BCUT2D eigenvalue weighted by molar-refractivity contribution is 0.0506. The number of aromatic nitrogens is 9. The zero-order valence-electron chi connectivity index (χ0n) is 64.3. The summed E-state index contributed by atoms with van der Waals surface area (Å²) in [6, 6.07) is 29.4. The number of fused-ring (bicyclic) bond motifs is 6. The molecule has 9 heterocycles. The maximum absolute atomic E-state index is 12.5. The number of ether oxygens (including phenoxy) is 3. The van der Waals surface area contributed by atoms with Gasteiger partial charge in [-0.15, -0.1) is 0 Å². The van der Waals surface area contributed by atoms with E-state index in [4.69, 9.17) is 52.4 Å². The predicted octanol–water partition coefficient (Wildman–Crippen LogP) is 13.1. The van der Waals surface area contributed by atoms with Crippen LogP contribution < -0.4 is 0 Å². The van der Waals surface area contributed by atoms with Gasteiger partial charge < -0.3 is 58.3 Å². The number of nitrogens with zero attached hydrogens (tertiary/aromatic N) is 14. The van der Waals surface area contributed by atoms with Gasteiger partial charge in [0.1, 0.15) is 16.8 Å². The number of benzene rings is 3. The van der Waals surface area contributed by atoms with Crippen LogP contribution in [0.4, 0.5) is 14.4 Å². The number of carbonyl (C=O) groups is 3. The van der Waals surface area contributed by atoms with Crippen LogP contribution >= 0.6 is 23.2 Å². The van der Waals surface area contributed by atoms with E-state index in [1.54, 1.807) is 78.5 Å². The maximum atomic E-state index is 12.5. The Kier molecular flexibility index (Phi) is 23.2. The van der Waals surface area contributed by atoms with E-state index in [0.29, 0.717) is 111 Å². The molecule has 1 unspecified atom stereocenters. The van der Waals surface area contributed by atoms with Crippen molar-refractivity contribution in [1.29, 1.82) is 0 Å². The minimum atomic E-state index is -1.35. The summed E-state index contributed by atoms with van der Waals surface area (Å²) in [7, 11) is 3.77. The molecule has 6 aromatic heterocycles. The Balaban J connectivity index is 0.000000145. The summed E-state index contributed by atoms with van der Waals surface area (Å²) in [5.74, 6) is 0. The lowest BCUT2D eigenvalue weighted by Crippen LogP contribution is -2.50. The molecule has 3 fully saturated rings. The molecule has 0 bridgehead atoms. The highest BCUT2D eigenvalue weighted by Gasteiger charge is 2.44. The van der Waals surface area contributed by atoms with E-state index in [-0.39, 0.29) is 54.7 Å². The van der Waals surface area contributed by atoms with Crippen molar-refractivity contribution in [1.82, 2.24) is 73.4 Å². The molecule has 0 saturated carbocycles. The van der Waals surface area contributed by atoms with Crippen LogP contribution in [0.15, 0.2) is 147 Å². The first kappa shape index (κ1) is 78.2. The third kappa shape index (κ3) is 16.2. The molecule has 3 aliphatic heterocycles. The van der Waals surface area contributed by atoms with Crippen molar-refractivity contribution in [2.24, 2.45) is 14.1 Å². The Morgan fingerprint density at radius 2 is 0.800 bits per heavy atom. The summed E-state index contributed by atoms with van der Waals surface area (Å²) in [4.78, 5) is 80.0. The number of amides is 3. The number of H-pyrrole nitrogens is 1. The zero-order valence-corrected chi connectivity index (χ0v) is 65.9. The molecule has 3 aliphatic carbocycles. The van der Waals surface area contributed by atoms with Crippen LogP contribution in [-0.2, 0) is 45.1 Å². The van der Waals surface area contributed by atoms with Crippen molar-refractivity contribution in [2.75, 3.05) is 78.5 Å². The second-order valence-corrected chi connectivity index (χ2v) is 31.1. The fourth-order valence-electron chi connectivity index (χ4n) is 15.9. The summed E-state index contributed by atoms with van der Waals surface area (Å²) >= 11 is 13.0. The number of aromatic amines is 1. The van der Waals surface area contributed by atoms with Crippen LogP contribution in [0.5, 0.6) is 0 Å². The first-order valence-electron chi connectivity index (χ1n) is 37.5. The molecule has 576 valence electrons. The van der Waals surface area contributed by atoms with Gasteiger partial charge in [-0.05, 0) is 197 Å². The summed E-state index contributed by atoms with van der Waals surface area (Å²) in [5.41, 5.74) is 12.7. The van der Waals surface area contributed by atoms with Gasteiger partial charge in [-0.2, -0.15) is 0 Å². The quantitative estimate of drug-likeness (QED) is 0.0828. The van der Waals surface area contributed by atoms with Crippen molar-refractivity contribution in [3.05, 3.63) is 247 Å². The predicted molar refractivity (Wildman–Crippen MR) is 424 cm³/mol. The smallest absolute Gasteiger partial charge is 0.410 e. The second-order valence-electron chi connectivity index (χ2n) is 30.2. The average molecular weight is 1530 g/mol. The van der Waals surface area contributed by atoms with Gasteiger partial charge in [-0.1, -0.05) is 77.3 Å². The number of hydrogen-bond donors (Lipinski definition) is 4. The van der Waals surface area contributed by atoms with Crippen LogP contribution in [0.25, 0.3) is 34.9 Å². The molecular weight excluding hydrogens is 1430 g/mol. The topological polar surface area (TPSA) is 262 Å². The Hall–Kier alpha value is -9.89. The third-order valence-corrected chi connectivity index (χ3v) is 21.8. The average Bonchev–Trinajstić information content (AvgIpc) is 1.59. The standard InChI is InChI=1S/C29H35N5O3.C28H32ClN5O3.C27H30ClN5O3/c1-19(2)37-28(35)34-13-11-33(12-14-34)27-22-9-8-20(3)15-23(22)24(16-21-7-6-10-31-26(21)27)29(4,36)25-17-30-18-32(25)5;1-18(2)37-27(35)34-12-10-33(11-13-34)26-21-8-7-20(29)15-22(21)23(14-19-6-5-9-31-25(19)26)28(3,36)24-16-30-17-32(24)4;1-17(2)36-26(34)33-11-9-32(10-12-33)25-20-7-6-19(28)14-21(20)22(13-18-5-4-8-30-24(18)25)27(3,35)23-15-29-16-31-23/h6-10,15-19,27,36H,11-14H2,1-5H3;5-9,14-18,26,36H,10-13H2,1-4H3;4-8,13-17,25,35H,9-12H2,1-3H3,(H,29,31)/t27-,29-;26-,28+;25-,27?/m000/s1. The third-order valence-electron chi connectivity index (χ3n) is 21.3. The first-order chi connectivity index (χ1) is 52.6. The molecule has 3 amide bonds. The largest absolute Gasteiger partial charge is 0.447 e. The minimum Gasteiger partial charge on any atom is -0.447 e. The van der Waals surface area contributed by atoms with E-state index >= 15 is 0 Å². The highest BCUT2D eigenvalue weighted by atomic mass is 35.5. The van der Waals surface area contributed by atoms with Crippen molar-refractivity contribution >= 4 is 76.4 Å². The lowest BCUT2D eigenvalue weighted by atomic mass is 9.83. The Labute approximate surface area is 652 Å². The molecule has 26 heteroatoms. The molecule has 6 aliphatic rings. The van der Waals surface area contributed by atoms with Gasteiger partial charge in [0.25, 0.3) is 0 Å². The SMILES string of the molecule is CC(C)OC(=O)N1CCN([C@H]2c3ccc(Cl)cc3C(C(C)(O)c3cnc[nH]3)=Cc3cccnc32)CC1.CC(C)OC(=O)N1CCN([C@H]2c3ccc(Cl)cc3C([C@@](C)(O)c3cncn3C)=Cc3cccnc32)CC1.Cc1ccc2c(c1)C([C@](C)(O)c1cncn1C)=Cc1cccnc1[C@H]2N1CCN(C(=O)OC(C)C)CC1. The lowest BCUT2D eigenvalue weighted by Gasteiger charge is -2.39. The number of aliphatic hydroxyl groups is 3. The van der Waals surface area contributed by atoms with E-state index in [2.05, 4.69) is 71.9 Å². The molecule has 3 aromatic carbocycles. The van der Waals surface area contributed by atoms with Crippen LogP contribution in [0, 0.1) is 6.92 Å². The monoisotopic (exact) mass is 1530 g/mol. The van der Waals surface area contributed by atoms with Gasteiger partial charge in [-0.3, -0.25) is 29.7 Å². The molecule has 9 aromatic rings. The Morgan fingerprint density at radius 1 is 0.464 bits per heavy atom. The van der Waals surface area contributed by atoms with Gasteiger partial charge in [-0.25, -0.2) is 29.3 Å². The van der Waals surface area contributed by atoms with Gasteiger partial charge in [0.2, 0.25) is 0 Å². The molecule has 0 spiro atoms. The van der Waals surface area contributed by atoms with Gasteiger partial charge in [0.15, 0.2) is 0 Å². The van der Waals surface area contributed by atoms with Crippen LogP contribution in [0.2, 0.25) is 10.0 Å². The number of halogens is 2. The van der Waals surface area contributed by atoms with Gasteiger partial charge in [0, 0.05) is 121 Å². The number of aryl methyl sites for hydroxylation is 3. The molecular formula is C84H97Cl2N15O9. The van der Waals surface area contributed by atoms with Crippen molar-refractivity contribution in [3.63, 3.8) is 0 Å². The summed E-state index contributed by atoms with van der Waals surface area (Å²) in [6.45, 7) is 26.0. The fourth-order valence-corrected chi connectivity index (χ4v) is 16.2. The van der Waals surface area contributed by atoms with E-state index in [0.717, 1.165) is 83.9 Å². The van der Waals surface area contributed by atoms with Crippen LogP contribution in [0.1, 0.15) is 170 Å². The Bertz CT molecular complexity index is 4720. The highest BCUT2D eigenvalue weighted by molar-refractivity contribution is 6.31. The van der Waals surface area contributed by atoms with Gasteiger partial charge >= 0.3 is 18.3 Å². The van der Waals surface area contributed by atoms with E-state index < -0.39 is 16.8 Å². The van der Waals surface area contributed by atoms with E-state index in [1.165, 1.54) is 0 Å². The number of rotatable bonds is 12. The fraction of sp³-hybridized carbons (Fsp3) is 0.393. The van der Waals surface area contributed by atoms with Crippen LogP contribution in [0.3, 0.4) is 0 Å². The number of piperazine rings is 3. The van der Waals surface area contributed by atoms with Crippen molar-refractivity contribution in [2.45, 2.75) is 122 Å². The number of pyridine rings is 3. The summed E-state index contributed by atoms with van der Waals surface area (Å²) in [6.07, 6.45) is 20.2. The van der Waals surface area contributed by atoms with E-state index in [1.807, 2.05) is 157 Å². The molecule has 0 radical (unpaired) electrons. The number of hydrogen-bond acceptors (Lipinski definition) is 18.